The van der Waals surface area contributed by atoms with Crippen molar-refractivity contribution in [2.24, 2.45) is 0 Å². The van der Waals surface area contributed by atoms with Gasteiger partial charge < -0.3 is 9.84 Å². The van der Waals surface area contributed by atoms with Gasteiger partial charge in [0.1, 0.15) is 12.4 Å². The number of rotatable bonds is 6. The molecule has 5 nitrogen and oxygen atoms in total. The molecule has 4 rings (SSSR count). The zero-order valence-corrected chi connectivity index (χ0v) is 15.5. The molecule has 2 aromatic carbocycles. The summed E-state index contributed by atoms with van der Waals surface area (Å²) in [6.45, 7) is 0.364. The first-order valence-electron chi connectivity index (χ1n) is 9.13. The predicted octanol–water partition coefficient (Wildman–Crippen LogP) is 5.08. The number of hydrogen-bond donors (Lipinski definition) is 1. The van der Waals surface area contributed by atoms with E-state index in [9.17, 15) is 9.90 Å². The molecule has 0 atom stereocenters. The van der Waals surface area contributed by atoms with Crippen molar-refractivity contribution in [2.45, 2.75) is 6.61 Å². The van der Waals surface area contributed by atoms with E-state index in [-0.39, 0.29) is 5.56 Å². The number of pyridine rings is 2. The summed E-state index contributed by atoms with van der Waals surface area (Å²) in [5.74, 6) is -0.258. The smallest absolute Gasteiger partial charge is 0.336 e. The van der Waals surface area contributed by atoms with Gasteiger partial charge in [0.25, 0.3) is 0 Å². The molecule has 0 amide bonds. The molecule has 29 heavy (non-hydrogen) atoms. The zero-order chi connectivity index (χ0) is 20.1. The normalized spacial score (nSPS) is 11.0. The third-order valence-corrected chi connectivity index (χ3v) is 4.42. The Labute approximate surface area is 168 Å². The van der Waals surface area contributed by atoms with Crippen LogP contribution in [0.5, 0.6) is 5.75 Å². The highest BCUT2D eigenvalue weighted by Crippen LogP contribution is 2.23. The SMILES string of the molecule is O=C(O)c1cc(/C=C/c2ccccc2OCc2ccccn2)nc2ccccc12. The largest absolute Gasteiger partial charge is 0.487 e. The molecule has 5 heteroatoms. The van der Waals surface area contributed by atoms with E-state index >= 15 is 0 Å². The minimum Gasteiger partial charge on any atom is -0.487 e. The monoisotopic (exact) mass is 382 g/mol. The second kappa shape index (κ2) is 8.35. The van der Waals surface area contributed by atoms with Crippen molar-refractivity contribution >= 4 is 29.0 Å². The minimum absolute atomic E-state index is 0.231. The van der Waals surface area contributed by atoms with Crippen LogP contribution in [0.2, 0.25) is 0 Å². The molecular formula is C24H18N2O3. The van der Waals surface area contributed by atoms with Crippen molar-refractivity contribution in [3.05, 3.63) is 102 Å². The van der Waals surface area contributed by atoms with Gasteiger partial charge >= 0.3 is 5.97 Å². The van der Waals surface area contributed by atoms with Gasteiger partial charge in [-0.25, -0.2) is 9.78 Å². The molecule has 0 aliphatic rings. The molecule has 0 fully saturated rings. The second-order valence-corrected chi connectivity index (χ2v) is 6.40. The number of ether oxygens (including phenoxy) is 1. The first kappa shape index (κ1) is 18.4. The van der Waals surface area contributed by atoms with Crippen molar-refractivity contribution in [3.63, 3.8) is 0 Å². The van der Waals surface area contributed by atoms with Crippen LogP contribution in [0, 0.1) is 0 Å². The summed E-state index contributed by atoms with van der Waals surface area (Å²) < 4.78 is 5.92. The Morgan fingerprint density at radius 3 is 2.59 bits per heavy atom. The van der Waals surface area contributed by atoms with Gasteiger partial charge in [-0.15, -0.1) is 0 Å². The highest BCUT2D eigenvalue weighted by molar-refractivity contribution is 6.03. The number of aromatic carboxylic acids is 1. The standard InChI is InChI=1S/C24H18N2O3/c27-24(28)21-15-18(26-22-10-3-2-9-20(21)22)13-12-17-7-1-4-11-23(17)29-16-19-8-5-6-14-25-19/h1-15H,16H2,(H,27,28)/b13-12+. The quantitative estimate of drug-likeness (QED) is 0.504. The number of nitrogens with zero attached hydrogens (tertiary/aromatic N) is 2. The summed E-state index contributed by atoms with van der Waals surface area (Å²) >= 11 is 0. The summed E-state index contributed by atoms with van der Waals surface area (Å²) in [5.41, 5.74) is 3.16. The Morgan fingerprint density at radius 1 is 0.966 bits per heavy atom. The molecule has 142 valence electrons. The molecular weight excluding hydrogens is 364 g/mol. The summed E-state index contributed by atoms with van der Waals surface area (Å²) in [5, 5.41) is 10.2. The molecule has 4 aromatic rings. The van der Waals surface area contributed by atoms with Gasteiger partial charge in [0.15, 0.2) is 0 Å². The number of carboxylic acid groups (broad SMARTS) is 1. The van der Waals surface area contributed by atoms with Crippen molar-refractivity contribution in [2.75, 3.05) is 0 Å². The summed E-state index contributed by atoms with van der Waals surface area (Å²) in [6.07, 6.45) is 5.40. The van der Waals surface area contributed by atoms with Gasteiger partial charge in [-0.3, -0.25) is 4.98 Å². The van der Waals surface area contributed by atoms with Crippen LogP contribution in [0.25, 0.3) is 23.1 Å². The van der Waals surface area contributed by atoms with Crippen molar-refractivity contribution in [3.8, 4) is 5.75 Å². The van der Waals surface area contributed by atoms with E-state index < -0.39 is 5.97 Å². The number of hydrogen-bond acceptors (Lipinski definition) is 4. The van der Waals surface area contributed by atoms with Crippen LogP contribution < -0.4 is 4.74 Å². The number of carbonyl (C=O) groups is 1. The number of carboxylic acids is 1. The topological polar surface area (TPSA) is 72.3 Å². The van der Waals surface area contributed by atoms with E-state index in [0.717, 1.165) is 11.3 Å². The predicted molar refractivity (Wildman–Crippen MR) is 113 cm³/mol. The van der Waals surface area contributed by atoms with Crippen molar-refractivity contribution in [1.82, 2.24) is 9.97 Å². The zero-order valence-electron chi connectivity index (χ0n) is 15.5. The number of fused-ring (bicyclic) bond motifs is 1. The fourth-order valence-corrected chi connectivity index (χ4v) is 3.02. The molecule has 0 saturated carbocycles. The van der Waals surface area contributed by atoms with E-state index in [1.165, 1.54) is 0 Å². The molecule has 2 aromatic heterocycles. The lowest BCUT2D eigenvalue weighted by Gasteiger charge is -2.09. The third-order valence-electron chi connectivity index (χ3n) is 4.42. The van der Waals surface area contributed by atoms with Gasteiger partial charge in [0.05, 0.1) is 22.5 Å². The van der Waals surface area contributed by atoms with Crippen LogP contribution in [0.15, 0.2) is 79.0 Å². The van der Waals surface area contributed by atoms with E-state index in [4.69, 9.17) is 4.74 Å². The second-order valence-electron chi connectivity index (χ2n) is 6.40. The highest BCUT2D eigenvalue weighted by Gasteiger charge is 2.10. The lowest BCUT2D eigenvalue weighted by molar-refractivity contribution is 0.0699. The lowest BCUT2D eigenvalue weighted by atomic mass is 10.1. The average Bonchev–Trinajstić information content (AvgIpc) is 2.77. The van der Waals surface area contributed by atoms with Gasteiger partial charge in [0, 0.05) is 17.1 Å². The molecule has 0 bridgehead atoms. The van der Waals surface area contributed by atoms with Crippen LogP contribution in [0.1, 0.15) is 27.3 Å². The summed E-state index contributed by atoms with van der Waals surface area (Å²) in [7, 11) is 0. The Bertz CT molecular complexity index is 1190. The van der Waals surface area contributed by atoms with Crippen molar-refractivity contribution in [1.29, 1.82) is 0 Å². The molecule has 0 unspecified atom stereocenters. The summed E-state index contributed by atoms with van der Waals surface area (Å²) in [4.78, 5) is 20.5. The first-order valence-corrected chi connectivity index (χ1v) is 9.13. The van der Waals surface area contributed by atoms with Gasteiger partial charge in [0.2, 0.25) is 0 Å². The van der Waals surface area contributed by atoms with Crippen molar-refractivity contribution < 1.29 is 14.6 Å². The molecule has 0 radical (unpaired) electrons. The van der Waals surface area contributed by atoms with E-state index in [2.05, 4.69) is 9.97 Å². The maximum atomic E-state index is 11.6. The van der Waals surface area contributed by atoms with E-state index in [1.54, 1.807) is 30.5 Å². The number of para-hydroxylation sites is 2. The first-order chi connectivity index (χ1) is 14.2. The minimum atomic E-state index is -0.975. The Morgan fingerprint density at radius 2 is 1.76 bits per heavy atom. The number of benzene rings is 2. The van der Waals surface area contributed by atoms with Gasteiger partial charge in [-0.05, 0) is 42.5 Å². The lowest BCUT2D eigenvalue weighted by Crippen LogP contribution is -2.00. The molecule has 1 N–H and O–H groups in total. The van der Waals surface area contributed by atoms with Gasteiger partial charge in [-0.2, -0.15) is 0 Å². The molecule has 2 heterocycles. The Hall–Kier alpha value is -3.99. The average molecular weight is 382 g/mol. The Kier molecular flexibility index (Phi) is 5.29. The van der Waals surface area contributed by atoms with Crippen LogP contribution in [-0.4, -0.2) is 21.0 Å². The number of aromatic nitrogens is 2. The fourth-order valence-electron chi connectivity index (χ4n) is 3.02. The fraction of sp³-hybridized carbons (Fsp3) is 0.0417. The van der Waals surface area contributed by atoms with Crippen LogP contribution >= 0.6 is 0 Å². The summed E-state index contributed by atoms with van der Waals surface area (Å²) in [6, 6.07) is 22.1. The molecule has 0 aliphatic carbocycles. The van der Waals surface area contributed by atoms with Crippen LogP contribution in [0.3, 0.4) is 0 Å². The Balaban J connectivity index is 1.62. The molecule has 0 spiro atoms. The molecule has 0 saturated heterocycles. The maximum Gasteiger partial charge on any atom is 0.336 e. The molecule has 0 aliphatic heterocycles. The van der Waals surface area contributed by atoms with E-state index in [0.29, 0.717) is 29.0 Å². The van der Waals surface area contributed by atoms with Gasteiger partial charge in [-0.1, -0.05) is 42.5 Å². The maximum absolute atomic E-state index is 11.6. The van der Waals surface area contributed by atoms with E-state index in [1.807, 2.05) is 60.7 Å². The highest BCUT2D eigenvalue weighted by atomic mass is 16.5. The third kappa shape index (κ3) is 4.30. The van der Waals surface area contributed by atoms with Crippen LogP contribution in [-0.2, 0) is 6.61 Å². The van der Waals surface area contributed by atoms with Crippen LogP contribution in [0.4, 0.5) is 0 Å².